The maximum Gasteiger partial charge on any atom is 0.337 e. The Kier molecular flexibility index (Phi) is 6.01. The maximum absolute atomic E-state index is 11.8. The lowest BCUT2D eigenvalue weighted by molar-refractivity contribution is 0.0215. The summed E-state index contributed by atoms with van der Waals surface area (Å²) >= 11 is 0. The molecule has 106 valence electrons. The first-order chi connectivity index (χ1) is 9.04. The molecule has 0 saturated heterocycles. The highest BCUT2D eigenvalue weighted by Gasteiger charge is 2.08. The Bertz CT molecular complexity index is 427. The molecule has 0 aliphatic carbocycles. The molecule has 0 amide bonds. The van der Waals surface area contributed by atoms with Gasteiger partial charge in [-0.1, -0.05) is 0 Å². The summed E-state index contributed by atoms with van der Waals surface area (Å²) in [7, 11) is 1.28. The number of halogens is 2. The fourth-order valence-electron chi connectivity index (χ4n) is 1.40. The highest BCUT2D eigenvalue weighted by Crippen LogP contribution is 2.20. The van der Waals surface area contributed by atoms with Gasteiger partial charge in [-0.3, -0.25) is 0 Å². The van der Waals surface area contributed by atoms with Crippen LogP contribution in [0.25, 0.3) is 0 Å². The summed E-state index contributed by atoms with van der Waals surface area (Å²) in [6.45, 7) is -0.102. The van der Waals surface area contributed by atoms with E-state index in [2.05, 4.69) is 10.1 Å². The number of nitrogen functional groups attached to an aromatic ring is 1. The summed E-state index contributed by atoms with van der Waals surface area (Å²) in [6, 6.07) is 4.66. The molecule has 19 heavy (non-hydrogen) atoms. The zero-order valence-corrected chi connectivity index (χ0v) is 10.5. The molecule has 1 aromatic rings. The number of hydrogen-bond acceptors (Lipinski definition) is 5. The molecule has 1 aromatic carbocycles. The Balaban J connectivity index is 2.44. The van der Waals surface area contributed by atoms with E-state index in [9.17, 15) is 13.6 Å². The van der Waals surface area contributed by atoms with Gasteiger partial charge >= 0.3 is 5.97 Å². The van der Waals surface area contributed by atoms with Gasteiger partial charge in [-0.25, -0.2) is 13.6 Å². The maximum atomic E-state index is 11.8. The quantitative estimate of drug-likeness (QED) is 0.450. The van der Waals surface area contributed by atoms with Crippen molar-refractivity contribution in [2.75, 3.05) is 37.9 Å². The Labute approximate surface area is 109 Å². The second-order valence-electron chi connectivity index (χ2n) is 3.69. The predicted octanol–water partition coefficient (Wildman–Crippen LogP) is 1.75. The molecule has 0 aliphatic heterocycles. The van der Waals surface area contributed by atoms with Crippen LogP contribution in [0.1, 0.15) is 10.4 Å². The largest absolute Gasteiger partial charge is 0.465 e. The van der Waals surface area contributed by atoms with Crippen molar-refractivity contribution >= 4 is 17.3 Å². The van der Waals surface area contributed by atoms with Gasteiger partial charge in [0.1, 0.15) is 6.61 Å². The fraction of sp³-hybridized carbons (Fsp3) is 0.417. The lowest BCUT2D eigenvalue weighted by atomic mass is 10.1. The van der Waals surface area contributed by atoms with Gasteiger partial charge in [-0.2, -0.15) is 0 Å². The van der Waals surface area contributed by atoms with Crippen LogP contribution in [0.5, 0.6) is 0 Å². The molecule has 0 atom stereocenters. The van der Waals surface area contributed by atoms with Gasteiger partial charge in [0.2, 0.25) is 0 Å². The molecular weight excluding hydrogens is 258 g/mol. The molecule has 0 fully saturated rings. The Morgan fingerprint density at radius 2 is 2.21 bits per heavy atom. The third-order valence-electron chi connectivity index (χ3n) is 2.28. The second kappa shape index (κ2) is 7.52. The van der Waals surface area contributed by atoms with Gasteiger partial charge in [-0.15, -0.1) is 0 Å². The standard InChI is InChI=1S/C12H16F2N2O3/c1-18-12(17)8-2-3-10(9(15)6-8)16-4-5-19-7-11(13)14/h2-3,6,11,16H,4-5,7,15H2,1H3. The normalized spacial score (nSPS) is 10.5. The van der Waals surface area contributed by atoms with Crippen molar-refractivity contribution in [3.05, 3.63) is 23.8 Å². The molecule has 0 aliphatic rings. The number of methoxy groups -OCH3 is 1. The van der Waals surface area contributed by atoms with Crippen LogP contribution in [0, 0.1) is 0 Å². The first-order valence-electron chi connectivity index (χ1n) is 5.62. The average Bonchev–Trinajstić information content (AvgIpc) is 2.38. The van der Waals surface area contributed by atoms with Crippen LogP contribution in [-0.4, -0.2) is 39.3 Å². The van der Waals surface area contributed by atoms with Gasteiger partial charge in [0.25, 0.3) is 6.43 Å². The van der Waals surface area contributed by atoms with Gasteiger partial charge in [0.05, 0.1) is 30.7 Å². The molecule has 0 unspecified atom stereocenters. The van der Waals surface area contributed by atoms with Crippen LogP contribution in [0.15, 0.2) is 18.2 Å². The van der Waals surface area contributed by atoms with E-state index in [-0.39, 0.29) is 6.61 Å². The fourth-order valence-corrected chi connectivity index (χ4v) is 1.40. The number of alkyl halides is 2. The van der Waals surface area contributed by atoms with Crippen molar-refractivity contribution in [2.24, 2.45) is 0 Å². The number of nitrogens with one attached hydrogen (secondary N) is 1. The first kappa shape index (κ1) is 15.2. The molecule has 1 rings (SSSR count). The van der Waals surface area contributed by atoms with Crippen LogP contribution in [-0.2, 0) is 9.47 Å². The van der Waals surface area contributed by atoms with E-state index in [1.54, 1.807) is 12.1 Å². The minimum absolute atomic E-state index is 0.141. The molecule has 0 radical (unpaired) electrons. The van der Waals surface area contributed by atoms with Gasteiger partial charge in [0.15, 0.2) is 0 Å². The lowest BCUT2D eigenvalue weighted by Crippen LogP contribution is -2.14. The predicted molar refractivity (Wildman–Crippen MR) is 67.5 cm³/mol. The minimum atomic E-state index is -2.47. The zero-order chi connectivity index (χ0) is 14.3. The number of carbonyl (C=O) groups is 1. The molecule has 7 heteroatoms. The summed E-state index contributed by atoms with van der Waals surface area (Å²) in [6.07, 6.45) is -2.47. The monoisotopic (exact) mass is 274 g/mol. The summed E-state index contributed by atoms with van der Waals surface area (Å²) in [5.74, 6) is -0.474. The summed E-state index contributed by atoms with van der Waals surface area (Å²) in [5, 5.41) is 2.92. The molecule has 3 N–H and O–H groups in total. The summed E-state index contributed by atoms with van der Waals surface area (Å²) in [5.41, 5.74) is 7.07. The Hall–Kier alpha value is -1.89. The summed E-state index contributed by atoms with van der Waals surface area (Å²) < 4.78 is 32.9. The smallest absolute Gasteiger partial charge is 0.337 e. The first-order valence-corrected chi connectivity index (χ1v) is 5.62. The molecule has 0 spiro atoms. The molecule has 5 nitrogen and oxygen atoms in total. The topological polar surface area (TPSA) is 73.6 Å². The highest BCUT2D eigenvalue weighted by atomic mass is 19.3. The zero-order valence-electron chi connectivity index (χ0n) is 10.5. The van der Waals surface area contributed by atoms with Crippen LogP contribution >= 0.6 is 0 Å². The number of nitrogens with two attached hydrogens (primary N) is 1. The number of anilines is 2. The van der Waals surface area contributed by atoms with E-state index in [4.69, 9.17) is 10.5 Å². The number of rotatable bonds is 7. The average molecular weight is 274 g/mol. The van der Waals surface area contributed by atoms with E-state index in [1.807, 2.05) is 0 Å². The van der Waals surface area contributed by atoms with Crippen LogP contribution in [0.2, 0.25) is 0 Å². The van der Waals surface area contributed by atoms with E-state index in [1.165, 1.54) is 13.2 Å². The van der Waals surface area contributed by atoms with Crippen LogP contribution < -0.4 is 11.1 Å². The second-order valence-corrected chi connectivity index (χ2v) is 3.69. The minimum Gasteiger partial charge on any atom is -0.465 e. The van der Waals surface area contributed by atoms with Crippen LogP contribution in [0.4, 0.5) is 20.2 Å². The van der Waals surface area contributed by atoms with Crippen molar-refractivity contribution in [3.63, 3.8) is 0 Å². The third-order valence-corrected chi connectivity index (χ3v) is 2.28. The number of ether oxygens (including phenoxy) is 2. The van der Waals surface area contributed by atoms with Gasteiger partial charge in [0, 0.05) is 6.54 Å². The van der Waals surface area contributed by atoms with Crippen LogP contribution in [0.3, 0.4) is 0 Å². The van der Waals surface area contributed by atoms with E-state index in [0.717, 1.165) is 0 Å². The van der Waals surface area contributed by atoms with Gasteiger partial charge in [-0.05, 0) is 18.2 Å². The molecule has 0 saturated carbocycles. The van der Waals surface area contributed by atoms with Crippen molar-refractivity contribution in [1.82, 2.24) is 0 Å². The van der Waals surface area contributed by atoms with E-state index in [0.29, 0.717) is 23.5 Å². The van der Waals surface area contributed by atoms with Crippen molar-refractivity contribution < 1.29 is 23.0 Å². The SMILES string of the molecule is COC(=O)c1ccc(NCCOCC(F)F)c(N)c1. The van der Waals surface area contributed by atoms with E-state index >= 15 is 0 Å². The van der Waals surface area contributed by atoms with Crippen molar-refractivity contribution in [2.45, 2.75) is 6.43 Å². The van der Waals surface area contributed by atoms with Gasteiger partial charge < -0.3 is 20.5 Å². The number of esters is 1. The van der Waals surface area contributed by atoms with Crippen molar-refractivity contribution in [3.8, 4) is 0 Å². The Morgan fingerprint density at radius 3 is 2.79 bits per heavy atom. The van der Waals surface area contributed by atoms with Crippen molar-refractivity contribution in [1.29, 1.82) is 0 Å². The number of benzene rings is 1. The molecule has 0 aromatic heterocycles. The number of carbonyl (C=O) groups excluding carboxylic acids is 1. The summed E-state index contributed by atoms with van der Waals surface area (Å²) in [4.78, 5) is 11.3. The Morgan fingerprint density at radius 1 is 1.47 bits per heavy atom. The molecular formula is C12H16F2N2O3. The van der Waals surface area contributed by atoms with E-state index < -0.39 is 19.0 Å². The number of hydrogen-bond donors (Lipinski definition) is 2. The lowest BCUT2D eigenvalue weighted by Gasteiger charge is -2.10. The highest BCUT2D eigenvalue weighted by molar-refractivity contribution is 5.91. The molecule has 0 bridgehead atoms. The molecule has 0 heterocycles. The third kappa shape index (κ3) is 5.09.